The van der Waals surface area contributed by atoms with Gasteiger partial charge in [0.1, 0.15) is 33.4 Å². The van der Waals surface area contributed by atoms with E-state index in [0.29, 0.717) is 0 Å². The number of benzene rings is 11. The van der Waals surface area contributed by atoms with E-state index in [9.17, 15) is 0 Å². The molecule has 0 saturated heterocycles. The third-order valence-electron chi connectivity index (χ3n) is 17.4. The van der Waals surface area contributed by atoms with Gasteiger partial charge in [-0.25, -0.2) is 0 Å². The number of hydrogen-bond acceptors (Lipinski definition) is 6. The molecule has 6 aromatic heterocycles. The molecule has 0 atom stereocenters. The number of nitrogens with zero attached hydrogens (tertiary/aromatic N) is 3. The molecule has 7 heteroatoms. The summed E-state index contributed by atoms with van der Waals surface area (Å²) in [5.41, 5.74) is 18.8. The highest BCUT2D eigenvalue weighted by Crippen LogP contribution is 2.56. The fourth-order valence-electron chi connectivity index (χ4n) is 13.8. The number of rotatable bonds is 6. The first-order chi connectivity index (χ1) is 39.9. The quantitative estimate of drug-likeness (QED) is 0.165. The topological polar surface area (TPSA) is 63.5 Å². The molecule has 0 unspecified atom stereocenters. The molecular weight excluding hydrogens is 1010 g/mol. The molecule has 17 rings (SSSR count). The zero-order chi connectivity index (χ0) is 55.1. The standard InChI is InChI=1S/C75H55N3O4/c1-42-22-11-14-35-56(42)77(58-37-21-30-49-47-28-19-34-55(75(5,6)7)69(47)82-71(49)58)60-41-53-45-26-13-16-39-62(45)80-73(53)67-64(60)51-32-17-31-50-63-59(40-52-44-25-12-15-38-61(44)79-72(52)66(63)78(67)65(50)51)76(43-23-9-8-10-24-43)57-36-20-29-48-46-27-18-33-54(74(2,3)4)68(46)81-70(48)57/h8-41H,1-7H3. The second-order valence-corrected chi connectivity index (χ2v) is 24.4. The van der Waals surface area contributed by atoms with Gasteiger partial charge in [0.25, 0.3) is 0 Å². The number of hydrogen-bond donors (Lipinski definition) is 0. The van der Waals surface area contributed by atoms with Crippen LogP contribution < -0.4 is 9.80 Å². The average molecular weight is 1060 g/mol. The zero-order valence-corrected chi connectivity index (χ0v) is 46.6. The zero-order valence-electron chi connectivity index (χ0n) is 46.6. The van der Waals surface area contributed by atoms with Gasteiger partial charge >= 0.3 is 0 Å². The predicted molar refractivity (Wildman–Crippen MR) is 342 cm³/mol. The highest BCUT2D eigenvalue weighted by molar-refractivity contribution is 6.36. The smallest absolute Gasteiger partial charge is 0.160 e. The molecule has 82 heavy (non-hydrogen) atoms. The fourth-order valence-corrected chi connectivity index (χ4v) is 13.8. The van der Waals surface area contributed by atoms with E-state index < -0.39 is 0 Å². The summed E-state index contributed by atoms with van der Waals surface area (Å²) in [5, 5.41) is 12.7. The summed E-state index contributed by atoms with van der Waals surface area (Å²) in [6, 6.07) is 74.2. The van der Waals surface area contributed by atoms with Gasteiger partial charge in [-0.2, -0.15) is 0 Å². The van der Waals surface area contributed by atoms with Crippen LogP contribution in [0.2, 0.25) is 0 Å². The summed E-state index contributed by atoms with van der Waals surface area (Å²) in [4.78, 5) is 4.86. The van der Waals surface area contributed by atoms with Gasteiger partial charge in [0.2, 0.25) is 0 Å². The Morgan fingerprint density at radius 2 is 0.707 bits per heavy atom. The maximum atomic E-state index is 7.29. The molecule has 11 aromatic carbocycles. The minimum absolute atomic E-state index is 0.144. The fraction of sp³-hybridized carbons (Fsp3) is 0.120. The number of furan rings is 4. The molecule has 7 nitrogen and oxygen atoms in total. The Labute approximate surface area is 471 Å². The third kappa shape index (κ3) is 6.36. The molecule has 0 amide bonds. The van der Waals surface area contributed by atoms with Crippen molar-refractivity contribution in [3.8, 4) is 0 Å². The number of fused-ring (bicyclic) bond motifs is 20. The van der Waals surface area contributed by atoms with Gasteiger partial charge in [-0.15, -0.1) is 0 Å². The van der Waals surface area contributed by atoms with Crippen LogP contribution in [-0.4, -0.2) is 4.40 Å². The second kappa shape index (κ2) is 16.6. The molecule has 0 spiro atoms. The van der Waals surface area contributed by atoms with Crippen molar-refractivity contribution in [1.82, 2.24) is 4.40 Å². The van der Waals surface area contributed by atoms with Crippen molar-refractivity contribution >= 4 is 160 Å². The van der Waals surface area contributed by atoms with Crippen LogP contribution in [0.5, 0.6) is 0 Å². The summed E-state index contributed by atoms with van der Waals surface area (Å²) >= 11 is 0. The lowest BCUT2D eigenvalue weighted by atomic mass is 9.86. The first kappa shape index (κ1) is 46.9. The molecule has 0 N–H and O–H groups in total. The van der Waals surface area contributed by atoms with E-state index in [1.165, 1.54) is 11.1 Å². The van der Waals surface area contributed by atoms with Crippen LogP contribution in [0.1, 0.15) is 58.2 Å². The van der Waals surface area contributed by atoms with E-state index in [1.807, 2.05) is 0 Å². The first-order valence-electron chi connectivity index (χ1n) is 28.4. The summed E-state index contributed by atoms with van der Waals surface area (Å²) in [6.45, 7) is 15.7. The van der Waals surface area contributed by atoms with Gasteiger partial charge < -0.3 is 31.9 Å². The van der Waals surface area contributed by atoms with Gasteiger partial charge in [0.15, 0.2) is 22.3 Å². The number of aromatic nitrogens is 1. The van der Waals surface area contributed by atoms with E-state index in [4.69, 9.17) is 17.7 Å². The Morgan fingerprint density at radius 1 is 0.305 bits per heavy atom. The number of anilines is 6. The maximum absolute atomic E-state index is 7.29. The van der Waals surface area contributed by atoms with Crippen molar-refractivity contribution in [2.75, 3.05) is 9.80 Å². The van der Waals surface area contributed by atoms with E-state index >= 15 is 0 Å². The Bertz CT molecular complexity index is 5520. The highest BCUT2D eigenvalue weighted by atomic mass is 16.3. The van der Waals surface area contributed by atoms with Gasteiger partial charge in [0, 0.05) is 87.1 Å². The molecule has 0 saturated carbocycles. The van der Waals surface area contributed by atoms with Crippen molar-refractivity contribution < 1.29 is 17.7 Å². The van der Waals surface area contributed by atoms with E-state index in [-0.39, 0.29) is 10.8 Å². The van der Waals surface area contributed by atoms with Crippen LogP contribution in [0.3, 0.4) is 0 Å². The molecule has 0 radical (unpaired) electrons. The van der Waals surface area contributed by atoms with Crippen LogP contribution in [-0.2, 0) is 10.8 Å². The normalized spacial score (nSPS) is 12.8. The van der Waals surface area contributed by atoms with Crippen LogP contribution in [0.25, 0.3) is 126 Å². The lowest BCUT2D eigenvalue weighted by Crippen LogP contribution is -2.12. The summed E-state index contributed by atoms with van der Waals surface area (Å²) < 4.78 is 31.6. The minimum atomic E-state index is -0.146. The molecule has 0 fully saturated rings. The van der Waals surface area contributed by atoms with Crippen molar-refractivity contribution in [3.63, 3.8) is 0 Å². The van der Waals surface area contributed by atoms with Crippen molar-refractivity contribution in [3.05, 3.63) is 223 Å². The van der Waals surface area contributed by atoms with E-state index in [2.05, 4.69) is 269 Å². The Hall–Kier alpha value is -9.98. The van der Waals surface area contributed by atoms with Crippen molar-refractivity contribution in [1.29, 1.82) is 0 Å². The van der Waals surface area contributed by atoms with Gasteiger partial charge in [0.05, 0.1) is 28.3 Å². The summed E-state index contributed by atoms with van der Waals surface area (Å²) in [5.74, 6) is 0. The largest absolute Gasteiger partial charge is 0.454 e. The molecule has 0 aliphatic rings. The van der Waals surface area contributed by atoms with Crippen LogP contribution in [0.4, 0.5) is 34.1 Å². The maximum Gasteiger partial charge on any atom is 0.160 e. The lowest BCUT2D eigenvalue weighted by molar-refractivity contribution is 0.572. The number of aryl methyl sites for hydroxylation is 1. The van der Waals surface area contributed by atoms with Crippen LogP contribution >= 0.6 is 0 Å². The van der Waals surface area contributed by atoms with Crippen molar-refractivity contribution in [2.45, 2.75) is 59.3 Å². The predicted octanol–water partition coefficient (Wildman–Crippen LogP) is 22.3. The molecule has 17 aromatic rings. The molecule has 0 bridgehead atoms. The van der Waals surface area contributed by atoms with Gasteiger partial charge in [-0.05, 0) is 77.9 Å². The van der Waals surface area contributed by atoms with Crippen LogP contribution in [0, 0.1) is 6.92 Å². The second-order valence-electron chi connectivity index (χ2n) is 24.4. The molecule has 0 aliphatic carbocycles. The SMILES string of the molecule is Cc1ccccc1N(c1cccc2c1oc1c(C(C)(C)C)cccc12)c1cc2c3ccccc3oc2c2c1c1cccc3c4c(N(c5ccccc5)c5cccc6c5oc5c(C(C)(C)C)cccc56)cc5c6ccccc6oc5c4n2c31. The molecule has 6 heterocycles. The van der Waals surface area contributed by atoms with E-state index in [1.54, 1.807) is 0 Å². The molecule has 394 valence electrons. The Morgan fingerprint density at radius 3 is 1.23 bits per heavy atom. The van der Waals surface area contributed by atoms with Crippen LogP contribution in [0.15, 0.2) is 224 Å². The Balaban J connectivity index is 1.06. The minimum Gasteiger partial charge on any atom is -0.454 e. The third-order valence-corrected chi connectivity index (χ3v) is 17.4. The molecule has 0 aliphatic heterocycles. The summed E-state index contributed by atoms with van der Waals surface area (Å²) in [6.07, 6.45) is 0. The number of para-hydroxylation sites is 9. The summed E-state index contributed by atoms with van der Waals surface area (Å²) in [7, 11) is 0. The van der Waals surface area contributed by atoms with Crippen molar-refractivity contribution in [2.24, 2.45) is 0 Å². The average Bonchev–Trinajstić information content (AvgIpc) is 1.63. The van der Waals surface area contributed by atoms with Gasteiger partial charge in [-0.3, -0.25) is 0 Å². The monoisotopic (exact) mass is 1060 g/mol. The first-order valence-corrected chi connectivity index (χ1v) is 28.4. The lowest BCUT2D eigenvalue weighted by Gasteiger charge is -2.28. The highest BCUT2D eigenvalue weighted by Gasteiger charge is 2.34. The Kier molecular flexibility index (Phi) is 9.47. The van der Waals surface area contributed by atoms with Gasteiger partial charge in [-0.1, -0.05) is 193 Å². The molecular formula is C75H55N3O4. The van der Waals surface area contributed by atoms with E-state index in [0.717, 1.165) is 166 Å².